The first kappa shape index (κ1) is 25.2. The Kier molecular flexibility index (Phi) is 7.88. The van der Waals surface area contributed by atoms with Crippen LogP contribution in [0, 0.1) is 0 Å². The fraction of sp³-hybridized carbons (Fsp3) is 0.280. The molecule has 34 heavy (non-hydrogen) atoms. The van der Waals surface area contributed by atoms with Crippen LogP contribution in [0.4, 0.5) is 5.69 Å². The SMILES string of the molecule is CCOC(=O)C1=C(C)N(c2cccc(C(=O)OC)c2)C(=O)CC1c1cc(Br)ccc1OC(C)=O. The van der Waals surface area contributed by atoms with Gasteiger partial charge in [-0.1, -0.05) is 22.0 Å². The molecule has 0 fully saturated rings. The topological polar surface area (TPSA) is 99.2 Å². The number of halogens is 1. The number of benzene rings is 2. The first-order valence-electron chi connectivity index (χ1n) is 10.5. The molecular formula is C25H24BrNO7. The number of nitrogens with zero attached hydrogens (tertiary/aromatic N) is 1. The molecule has 8 nitrogen and oxygen atoms in total. The van der Waals surface area contributed by atoms with Gasteiger partial charge in [0.25, 0.3) is 0 Å². The van der Waals surface area contributed by atoms with Crippen molar-refractivity contribution in [1.82, 2.24) is 0 Å². The standard InChI is InChI=1S/C25H24BrNO7/c1-5-33-25(31)23-14(2)27(18-8-6-7-16(11-18)24(30)32-4)22(29)13-20(23)19-12-17(26)9-10-21(19)34-15(3)28/h6-12,20H,5,13H2,1-4H3. The van der Waals surface area contributed by atoms with E-state index in [9.17, 15) is 19.2 Å². The summed E-state index contributed by atoms with van der Waals surface area (Å²) in [7, 11) is 1.27. The zero-order chi connectivity index (χ0) is 25.0. The normalized spacial score (nSPS) is 15.7. The van der Waals surface area contributed by atoms with Gasteiger partial charge in [-0.05, 0) is 50.2 Å². The molecule has 1 aliphatic heterocycles. The van der Waals surface area contributed by atoms with Crippen molar-refractivity contribution in [2.24, 2.45) is 0 Å². The van der Waals surface area contributed by atoms with E-state index in [0.29, 0.717) is 21.4 Å². The number of hydrogen-bond donors (Lipinski definition) is 0. The molecule has 1 aliphatic rings. The van der Waals surface area contributed by atoms with Crippen LogP contribution in [0.25, 0.3) is 0 Å². The van der Waals surface area contributed by atoms with Gasteiger partial charge in [0.15, 0.2) is 0 Å². The largest absolute Gasteiger partial charge is 0.465 e. The summed E-state index contributed by atoms with van der Waals surface area (Å²) in [5, 5.41) is 0. The highest BCUT2D eigenvalue weighted by atomic mass is 79.9. The molecule has 1 amide bonds. The third kappa shape index (κ3) is 5.20. The molecule has 178 valence electrons. The predicted molar refractivity (Wildman–Crippen MR) is 127 cm³/mol. The summed E-state index contributed by atoms with van der Waals surface area (Å²) in [5.41, 5.74) is 1.81. The number of allylic oxidation sites excluding steroid dienone is 1. The number of amides is 1. The van der Waals surface area contributed by atoms with Gasteiger partial charge in [-0.15, -0.1) is 0 Å². The summed E-state index contributed by atoms with van der Waals surface area (Å²) >= 11 is 3.41. The Morgan fingerprint density at radius 2 is 1.85 bits per heavy atom. The Morgan fingerprint density at radius 1 is 1.12 bits per heavy atom. The second-order valence-corrected chi connectivity index (χ2v) is 8.44. The predicted octanol–water partition coefficient (Wildman–Crippen LogP) is 4.52. The minimum absolute atomic E-state index is 0.0847. The molecule has 0 spiro atoms. The van der Waals surface area contributed by atoms with Gasteiger partial charge >= 0.3 is 17.9 Å². The van der Waals surface area contributed by atoms with Crippen molar-refractivity contribution < 1.29 is 33.4 Å². The van der Waals surface area contributed by atoms with E-state index in [2.05, 4.69) is 15.9 Å². The Hall–Kier alpha value is -3.46. The van der Waals surface area contributed by atoms with Crippen LogP contribution in [0.5, 0.6) is 5.75 Å². The maximum Gasteiger partial charge on any atom is 0.337 e. The highest BCUT2D eigenvalue weighted by Crippen LogP contribution is 2.43. The van der Waals surface area contributed by atoms with E-state index in [1.165, 1.54) is 25.0 Å². The molecule has 1 unspecified atom stereocenters. The summed E-state index contributed by atoms with van der Waals surface area (Å²) in [5.74, 6) is -2.41. The van der Waals surface area contributed by atoms with Crippen molar-refractivity contribution in [2.45, 2.75) is 33.1 Å². The number of carbonyl (C=O) groups excluding carboxylic acids is 4. The molecule has 2 aromatic carbocycles. The van der Waals surface area contributed by atoms with Gasteiger partial charge in [0.2, 0.25) is 5.91 Å². The summed E-state index contributed by atoms with van der Waals surface area (Å²) in [6.45, 7) is 4.76. The van der Waals surface area contributed by atoms with Crippen LogP contribution in [0.15, 0.2) is 58.2 Å². The second-order valence-electron chi connectivity index (χ2n) is 7.52. The lowest BCUT2D eigenvalue weighted by Gasteiger charge is -2.35. The van der Waals surface area contributed by atoms with E-state index < -0.39 is 23.8 Å². The van der Waals surface area contributed by atoms with Crippen molar-refractivity contribution in [3.05, 3.63) is 69.3 Å². The lowest BCUT2D eigenvalue weighted by molar-refractivity contribution is -0.139. The van der Waals surface area contributed by atoms with Crippen LogP contribution in [-0.2, 0) is 23.9 Å². The zero-order valence-corrected chi connectivity index (χ0v) is 20.8. The van der Waals surface area contributed by atoms with Gasteiger partial charge in [0.05, 0.1) is 24.9 Å². The third-order valence-electron chi connectivity index (χ3n) is 5.32. The highest BCUT2D eigenvalue weighted by Gasteiger charge is 2.39. The minimum Gasteiger partial charge on any atom is -0.465 e. The smallest absolute Gasteiger partial charge is 0.337 e. The summed E-state index contributed by atoms with van der Waals surface area (Å²) < 4.78 is 16.2. The average Bonchev–Trinajstić information content (AvgIpc) is 2.79. The number of esters is 3. The first-order valence-corrected chi connectivity index (χ1v) is 11.3. The van der Waals surface area contributed by atoms with Gasteiger partial charge in [0, 0.05) is 40.7 Å². The van der Waals surface area contributed by atoms with Gasteiger partial charge in [-0.2, -0.15) is 0 Å². The van der Waals surface area contributed by atoms with E-state index in [1.54, 1.807) is 50.2 Å². The Morgan fingerprint density at radius 3 is 2.50 bits per heavy atom. The van der Waals surface area contributed by atoms with Crippen molar-refractivity contribution in [1.29, 1.82) is 0 Å². The van der Waals surface area contributed by atoms with Gasteiger partial charge < -0.3 is 14.2 Å². The van der Waals surface area contributed by atoms with E-state index in [-0.39, 0.29) is 35.8 Å². The van der Waals surface area contributed by atoms with Gasteiger partial charge in [-0.3, -0.25) is 14.5 Å². The van der Waals surface area contributed by atoms with Crippen LogP contribution >= 0.6 is 15.9 Å². The van der Waals surface area contributed by atoms with Crippen molar-refractivity contribution >= 4 is 45.4 Å². The molecule has 0 saturated carbocycles. The fourth-order valence-corrected chi connectivity index (χ4v) is 4.34. The van der Waals surface area contributed by atoms with Crippen LogP contribution < -0.4 is 9.64 Å². The molecule has 0 saturated heterocycles. The summed E-state index contributed by atoms with van der Waals surface area (Å²) in [6.07, 6.45) is -0.0847. The molecule has 0 aromatic heterocycles. The number of rotatable bonds is 6. The highest BCUT2D eigenvalue weighted by molar-refractivity contribution is 9.10. The molecular weight excluding hydrogens is 506 g/mol. The number of hydrogen-bond acceptors (Lipinski definition) is 7. The molecule has 0 aliphatic carbocycles. The molecule has 0 radical (unpaired) electrons. The molecule has 9 heteroatoms. The number of anilines is 1. The van der Waals surface area contributed by atoms with Crippen LogP contribution in [-0.4, -0.2) is 37.5 Å². The van der Waals surface area contributed by atoms with Crippen molar-refractivity contribution in [3.8, 4) is 5.75 Å². The number of methoxy groups -OCH3 is 1. The average molecular weight is 530 g/mol. The summed E-state index contributed by atoms with van der Waals surface area (Å²) in [6, 6.07) is 11.4. The molecule has 1 atom stereocenters. The number of carbonyl (C=O) groups is 4. The van der Waals surface area contributed by atoms with Crippen molar-refractivity contribution in [2.75, 3.05) is 18.6 Å². The molecule has 1 heterocycles. The van der Waals surface area contributed by atoms with E-state index in [0.717, 1.165) is 0 Å². The lowest BCUT2D eigenvalue weighted by atomic mass is 9.83. The quantitative estimate of drug-likeness (QED) is 0.400. The van der Waals surface area contributed by atoms with Crippen LogP contribution in [0.3, 0.4) is 0 Å². The Bertz CT molecular complexity index is 1190. The maximum atomic E-state index is 13.4. The van der Waals surface area contributed by atoms with Gasteiger partial charge in [-0.25, -0.2) is 9.59 Å². The molecule has 3 rings (SSSR count). The zero-order valence-electron chi connectivity index (χ0n) is 19.2. The van der Waals surface area contributed by atoms with E-state index >= 15 is 0 Å². The minimum atomic E-state index is -0.710. The van der Waals surface area contributed by atoms with Crippen LogP contribution in [0.1, 0.15) is 49.0 Å². The first-order chi connectivity index (χ1) is 16.2. The Labute approximate surface area is 205 Å². The van der Waals surface area contributed by atoms with Crippen LogP contribution in [0.2, 0.25) is 0 Å². The number of ether oxygens (including phenoxy) is 3. The molecule has 2 aromatic rings. The second kappa shape index (κ2) is 10.6. The maximum absolute atomic E-state index is 13.4. The molecule has 0 bridgehead atoms. The van der Waals surface area contributed by atoms with Gasteiger partial charge in [0.1, 0.15) is 5.75 Å². The summed E-state index contributed by atoms with van der Waals surface area (Å²) in [4.78, 5) is 51.6. The lowest BCUT2D eigenvalue weighted by Crippen LogP contribution is -2.38. The third-order valence-corrected chi connectivity index (χ3v) is 5.82. The van der Waals surface area contributed by atoms with E-state index in [1.807, 2.05) is 0 Å². The fourth-order valence-electron chi connectivity index (χ4n) is 3.96. The monoisotopic (exact) mass is 529 g/mol. The van der Waals surface area contributed by atoms with E-state index in [4.69, 9.17) is 14.2 Å². The Balaban J connectivity index is 2.19. The molecule has 0 N–H and O–H groups in total. The van der Waals surface area contributed by atoms with Crippen molar-refractivity contribution in [3.63, 3.8) is 0 Å².